The minimum Gasteiger partial charge on any atom is -0.494 e. The van der Waals surface area contributed by atoms with E-state index >= 15 is 0 Å². The van der Waals surface area contributed by atoms with Crippen LogP contribution in [-0.4, -0.2) is 120 Å². The fraction of sp³-hybridized carbons (Fsp3) is 0.447. The number of fused-ring (bicyclic) bond motifs is 1. The van der Waals surface area contributed by atoms with Crippen molar-refractivity contribution in [3.8, 4) is 11.5 Å². The normalized spacial score (nSPS) is 18.0. The van der Waals surface area contributed by atoms with Gasteiger partial charge in [0, 0.05) is 88.6 Å². The van der Waals surface area contributed by atoms with E-state index in [1.165, 1.54) is 11.3 Å². The Kier molecular flexibility index (Phi) is 14.1. The lowest BCUT2D eigenvalue weighted by Crippen LogP contribution is -2.53. The topological polar surface area (TPSA) is 167 Å². The summed E-state index contributed by atoms with van der Waals surface area (Å²) in [6, 6.07) is 14.5. The third-order valence-electron chi connectivity index (χ3n) is 12.6. The number of carbonyl (C=O) groups excluding carboxylic acids is 2. The Hall–Kier alpha value is -5.15. The van der Waals surface area contributed by atoms with Crippen LogP contribution in [0.3, 0.4) is 0 Å². The van der Waals surface area contributed by atoms with Crippen LogP contribution in [0.15, 0.2) is 65.5 Å². The van der Waals surface area contributed by atoms with E-state index in [0.717, 1.165) is 94.1 Å². The van der Waals surface area contributed by atoms with E-state index in [9.17, 15) is 14.2 Å². The molecule has 0 bridgehead atoms. The zero-order chi connectivity index (χ0) is 45.0. The number of amides is 2. The summed E-state index contributed by atoms with van der Waals surface area (Å²) in [4.78, 5) is 50.0. The molecule has 0 radical (unpaired) electrons. The van der Waals surface area contributed by atoms with Crippen LogP contribution >= 0.6 is 23.1 Å². The number of rotatable bonds is 15. The van der Waals surface area contributed by atoms with Gasteiger partial charge in [-0.05, 0) is 115 Å². The zero-order valence-electron chi connectivity index (χ0n) is 37.3. The number of imide groups is 1. The van der Waals surface area contributed by atoms with Crippen LogP contribution in [-0.2, 0) is 20.6 Å². The number of piperazine rings is 1. The number of piperidine rings is 2. The van der Waals surface area contributed by atoms with Crippen molar-refractivity contribution in [2.24, 2.45) is 0 Å². The first-order valence-electron chi connectivity index (χ1n) is 22.2. The Balaban J connectivity index is 0.827. The minimum atomic E-state index is -2.77. The van der Waals surface area contributed by atoms with Crippen molar-refractivity contribution in [2.45, 2.75) is 64.3 Å². The van der Waals surface area contributed by atoms with Gasteiger partial charge in [0.15, 0.2) is 0 Å². The van der Waals surface area contributed by atoms with Gasteiger partial charge in [-0.3, -0.25) is 29.8 Å². The van der Waals surface area contributed by atoms with E-state index < -0.39 is 7.14 Å². The summed E-state index contributed by atoms with van der Waals surface area (Å²) in [7, 11) is -1.08. The highest BCUT2D eigenvalue weighted by Gasteiger charge is 2.31. The highest BCUT2D eigenvalue weighted by molar-refractivity contribution is 9.10. The fourth-order valence-electron chi connectivity index (χ4n) is 9.31. The van der Waals surface area contributed by atoms with Crippen molar-refractivity contribution in [1.82, 2.24) is 35.1 Å². The summed E-state index contributed by atoms with van der Waals surface area (Å²) >= 11 is 3.60. The molecule has 3 aliphatic heterocycles. The molecule has 0 saturated carbocycles. The van der Waals surface area contributed by atoms with E-state index in [-0.39, 0.29) is 17.7 Å². The second-order valence-electron chi connectivity index (χ2n) is 17.2. The standard InChI is InChI=1S/C47H58BrN10O5P/c1-6-31-27-39(53-47-51-29-36(48)45(55-47)52-38-12-11-37-43(50-17-16-49-37)44(38)64(4,5)61)41(62-3)28-40(31)58-19-14-32(15-20-58)57-23-21-56(22-24-57)18-7-25-63-33-8-9-34(30(2)26-33)35-10-13-42(59)54-46(35)60/h8-9,11-12,16-17,26-29,32,35H,6-7,10,13-15,18-25H2,1-5H3,(H,54,59,60)(H2,51,52,53,55). The van der Waals surface area contributed by atoms with Gasteiger partial charge in [-0.25, -0.2) is 4.98 Å². The van der Waals surface area contributed by atoms with Crippen molar-refractivity contribution in [2.75, 3.05) is 88.4 Å². The molecule has 0 spiro atoms. The van der Waals surface area contributed by atoms with Gasteiger partial charge in [-0.2, -0.15) is 4.98 Å². The number of nitrogens with zero attached hydrogens (tertiary/aromatic N) is 7. The molecule has 8 rings (SSSR count). The second-order valence-corrected chi connectivity index (χ2v) is 21.2. The predicted octanol–water partition coefficient (Wildman–Crippen LogP) is 7.37. The maximum atomic E-state index is 13.5. The third kappa shape index (κ3) is 10.4. The number of benzene rings is 3. The Morgan fingerprint density at radius 3 is 2.42 bits per heavy atom. The van der Waals surface area contributed by atoms with Gasteiger partial charge in [-0.15, -0.1) is 0 Å². The third-order valence-corrected chi connectivity index (χ3v) is 14.8. The van der Waals surface area contributed by atoms with E-state index in [0.29, 0.717) is 69.5 Å². The number of anilines is 5. The van der Waals surface area contributed by atoms with Crippen LogP contribution < -0.4 is 35.6 Å². The molecule has 3 aromatic carbocycles. The molecular weight excluding hydrogens is 895 g/mol. The number of hydrogen-bond donors (Lipinski definition) is 3. The second kappa shape index (κ2) is 19.9. The largest absolute Gasteiger partial charge is 0.494 e. The summed E-state index contributed by atoms with van der Waals surface area (Å²) < 4.78 is 26.2. The van der Waals surface area contributed by atoms with Crippen LogP contribution in [0.2, 0.25) is 0 Å². The molecule has 3 N–H and O–H groups in total. The van der Waals surface area contributed by atoms with Crippen molar-refractivity contribution in [1.29, 1.82) is 0 Å². The van der Waals surface area contributed by atoms with Crippen LogP contribution in [0.4, 0.5) is 28.8 Å². The summed E-state index contributed by atoms with van der Waals surface area (Å²) in [6.45, 7) is 15.5. The van der Waals surface area contributed by atoms with Gasteiger partial charge in [0.2, 0.25) is 17.8 Å². The van der Waals surface area contributed by atoms with Gasteiger partial charge in [0.1, 0.15) is 30.0 Å². The lowest BCUT2D eigenvalue weighted by Gasteiger charge is -2.43. The molecular formula is C47H58BrN10O5P. The summed E-state index contributed by atoms with van der Waals surface area (Å²) in [5.74, 6) is 1.74. The first-order chi connectivity index (χ1) is 30.9. The van der Waals surface area contributed by atoms with Gasteiger partial charge in [-0.1, -0.05) is 13.0 Å². The predicted molar refractivity (Wildman–Crippen MR) is 257 cm³/mol. The van der Waals surface area contributed by atoms with Gasteiger partial charge >= 0.3 is 0 Å². The molecule has 0 aliphatic carbocycles. The van der Waals surface area contributed by atoms with Crippen LogP contribution in [0.25, 0.3) is 11.0 Å². The first-order valence-corrected chi connectivity index (χ1v) is 25.6. The maximum Gasteiger partial charge on any atom is 0.234 e. The van der Waals surface area contributed by atoms with Crippen molar-refractivity contribution in [3.05, 3.63) is 82.2 Å². The summed E-state index contributed by atoms with van der Waals surface area (Å²) in [5.41, 5.74) is 7.10. The average Bonchev–Trinajstić information content (AvgIpc) is 3.29. The van der Waals surface area contributed by atoms with Gasteiger partial charge in [0.25, 0.3) is 0 Å². The van der Waals surface area contributed by atoms with E-state index in [2.05, 4.69) is 80.6 Å². The fourth-order valence-corrected chi connectivity index (χ4v) is 11.0. The van der Waals surface area contributed by atoms with Crippen LogP contribution in [0.1, 0.15) is 61.6 Å². The van der Waals surface area contributed by atoms with E-state index in [1.54, 1.807) is 39.0 Å². The van der Waals surface area contributed by atoms with E-state index in [4.69, 9.17) is 14.5 Å². The summed E-state index contributed by atoms with van der Waals surface area (Å²) in [6.07, 6.45) is 9.88. The SMILES string of the molecule is CCc1cc(Nc2ncc(Br)c(Nc3ccc4nccnc4c3P(C)(C)=O)n2)c(OC)cc1N1CCC(N2CCN(CCCOc3ccc(C4CCC(=O)NC4=O)c(C)c3)CC2)CC1. The van der Waals surface area contributed by atoms with Crippen LogP contribution in [0, 0.1) is 6.92 Å². The molecule has 338 valence electrons. The van der Waals surface area contributed by atoms with Crippen molar-refractivity contribution in [3.63, 3.8) is 0 Å². The molecule has 64 heavy (non-hydrogen) atoms. The van der Waals surface area contributed by atoms with Crippen molar-refractivity contribution < 1.29 is 23.6 Å². The average molecular weight is 954 g/mol. The molecule has 1 unspecified atom stereocenters. The Morgan fingerprint density at radius 1 is 0.922 bits per heavy atom. The number of halogens is 1. The highest BCUT2D eigenvalue weighted by atomic mass is 79.9. The van der Waals surface area contributed by atoms with E-state index in [1.807, 2.05) is 37.3 Å². The van der Waals surface area contributed by atoms with Gasteiger partial charge < -0.3 is 34.5 Å². The zero-order valence-corrected chi connectivity index (χ0v) is 39.8. The monoisotopic (exact) mass is 952 g/mol. The van der Waals surface area contributed by atoms with Gasteiger partial charge in [0.05, 0.1) is 46.3 Å². The molecule has 5 aromatic rings. The Morgan fingerprint density at radius 2 is 1.70 bits per heavy atom. The molecule has 2 amide bonds. The first kappa shape index (κ1) is 45.4. The minimum absolute atomic E-state index is 0.194. The lowest BCUT2D eigenvalue weighted by atomic mass is 9.88. The molecule has 3 fully saturated rings. The highest BCUT2D eigenvalue weighted by Crippen LogP contribution is 2.42. The lowest BCUT2D eigenvalue weighted by molar-refractivity contribution is -0.134. The summed E-state index contributed by atoms with van der Waals surface area (Å²) in [5, 5.41) is 9.88. The number of nitrogens with one attached hydrogen (secondary N) is 3. The number of hydrogen-bond acceptors (Lipinski definition) is 14. The molecule has 1 atom stereocenters. The molecule has 17 heteroatoms. The van der Waals surface area contributed by atoms with Crippen molar-refractivity contribution >= 4 is 80.1 Å². The molecule has 2 aromatic heterocycles. The number of carbonyl (C=O) groups is 2. The molecule has 15 nitrogen and oxygen atoms in total. The number of ether oxygens (including phenoxy) is 2. The number of aromatic nitrogens is 4. The smallest absolute Gasteiger partial charge is 0.234 e. The number of aryl methyl sites for hydroxylation is 2. The van der Waals surface area contributed by atoms with Crippen LogP contribution in [0.5, 0.6) is 11.5 Å². The number of methoxy groups -OCH3 is 1. The molecule has 3 saturated heterocycles. The molecule has 3 aliphatic rings. The molecule has 5 heterocycles. The maximum absolute atomic E-state index is 13.5. The Bertz CT molecular complexity index is 2560. The Labute approximate surface area is 383 Å². The quantitative estimate of drug-likeness (QED) is 0.0541.